The van der Waals surface area contributed by atoms with E-state index in [0.29, 0.717) is 11.3 Å². The Labute approximate surface area is 137 Å². The zero-order valence-electron chi connectivity index (χ0n) is 12.5. The van der Waals surface area contributed by atoms with Gasteiger partial charge in [0.1, 0.15) is 12.4 Å². The van der Waals surface area contributed by atoms with Gasteiger partial charge in [0.05, 0.1) is 5.56 Å². The maximum Gasteiger partial charge on any atom is 0.416 e. The van der Waals surface area contributed by atoms with Gasteiger partial charge in [-0.2, -0.15) is 13.2 Å². The molecule has 0 spiro atoms. The standard InChI is InChI=1S/C18H15F3OS/c1-12-4-5-14(16(9-12)18(19,20)21)11-22-15-7-6-13-3-2-8-23-17(13)10-15/h2-7,9-10H,8,11H2,1H3. The first-order chi connectivity index (χ1) is 10.9. The lowest BCUT2D eigenvalue weighted by Crippen LogP contribution is -2.11. The highest BCUT2D eigenvalue weighted by molar-refractivity contribution is 7.99. The molecule has 0 N–H and O–H groups in total. The first kappa shape index (κ1) is 16.0. The van der Waals surface area contributed by atoms with Gasteiger partial charge in [0, 0.05) is 16.2 Å². The summed E-state index contributed by atoms with van der Waals surface area (Å²) in [6, 6.07) is 9.90. The fraction of sp³-hybridized carbons (Fsp3) is 0.222. The van der Waals surface area contributed by atoms with Crippen molar-refractivity contribution in [3.63, 3.8) is 0 Å². The molecule has 0 saturated heterocycles. The Morgan fingerprint density at radius 2 is 1.96 bits per heavy atom. The molecule has 0 aromatic heterocycles. The van der Waals surface area contributed by atoms with Crippen LogP contribution in [0.15, 0.2) is 47.4 Å². The summed E-state index contributed by atoms with van der Waals surface area (Å²) in [7, 11) is 0. The zero-order valence-corrected chi connectivity index (χ0v) is 13.3. The molecule has 0 aliphatic carbocycles. The number of alkyl halides is 3. The van der Waals surface area contributed by atoms with Crippen molar-refractivity contribution in [2.45, 2.75) is 24.6 Å². The van der Waals surface area contributed by atoms with Crippen LogP contribution in [0, 0.1) is 6.92 Å². The minimum absolute atomic E-state index is 0.103. The van der Waals surface area contributed by atoms with Crippen LogP contribution in [0.1, 0.15) is 22.3 Å². The zero-order chi connectivity index (χ0) is 16.4. The molecule has 0 bridgehead atoms. The minimum atomic E-state index is -4.37. The second-order valence-corrected chi connectivity index (χ2v) is 6.42. The summed E-state index contributed by atoms with van der Waals surface area (Å²) in [6.45, 7) is 1.54. The van der Waals surface area contributed by atoms with Crippen molar-refractivity contribution in [3.8, 4) is 5.75 Å². The third kappa shape index (κ3) is 3.72. The summed E-state index contributed by atoms with van der Waals surface area (Å²) >= 11 is 1.69. The Morgan fingerprint density at radius 1 is 1.13 bits per heavy atom. The predicted octanol–water partition coefficient (Wildman–Crippen LogP) is 5.71. The van der Waals surface area contributed by atoms with Gasteiger partial charge < -0.3 is 4.74 Å². The molecule has 0 saturated carbocycles. The summed E-state index contributed by atoms with van der Waals surface area (Å²) in [5.41, 5.74) is 1.21. The number of aryl methyl sites for hydroxylation is 1. The third-order valence-electron chi connectivity index (χ3n) is 3.58. The van der Waals surface area contributed by atoms with Crippen LogP contribution in [0.25, 0.3) is 6.08 Å². The number of hydrogen-bond donors (Lipinski definition) is 0. The smallest absolute Gasteiger partial charge is 0.416 e. The number of rotatable bonds is 3. The van der Waals surface area contributed by atoms with E-state index in [2.05, 4.69) is 6.08 Å². The number of hydrogen-bond acceptors (Lipinski definition) is 2. The highest BCUT2D eigenvalue weighted by Crippen LogP contribution is 2.34. The first-order valence-corrected chi connectivity index (χ1v) is 8.15. The van der Waals surface area contributed by atoms with Gasteiger partial charge in [-0.05, 0) is 30.7 Å². The molecule has 1 aliphatic rings. The third-order valence-corrected chi connectivity index (χ3v) is 4.61. The molecule has 120 valence electrons. The number of fused-ring (bicyclic) bond motifs is 1. The Bertz CT molecular complexity index is 750. The van der Waals surface area contributed by atoms with Crippen molar-refractivity contribution in [2.24, 2.45) is 0 Å². The van der Waals surface area contributed by atoms with Crippen molar-refractivity contribution in [1.29, 1.82) is 0 Å². The van der Waals surface area contributed by atoms with Gasteiger partial charge in [-0.25, -0.2) is 0 Å². The number of benzene rings is 2. The van der Waals surface area contributed by atoms with Crippen LogP contribution >= 0.6 is 11.8 Å². The minimum Gasteiger partial charge on any atom is -0.489 e. The summed E-state index contributed by atoms with van der Waals surface area (Å²) in [4.78, 5) is 1.09. The van der Waals surface area contributed by atoms with E-state index in [1.54, 1.807) is 30.8 Å². The second-order valence-electron chi connectivity index (χ2n) is 5.36. The van der Waals surface area contributed by atoms with Gasteiger partial charge >= 0.3 is 6.18 Å². The van der Waals surface area contributed by atoms with Crippen LogP contribution in [0.5, 0.6) is 5.75 Å². The molecule has 0 fully saturated rings. The molecule has 0 amide bonds. The molecule has 23 heavy (non-hydrogen) atoms. The molecular weight excluding hydrogens is 321 g/mol. The average Bonchev–Trinajstić information content (AvgIpc) is 2.52. The Balaban J connectivity index is 1.80. The lowest BCUT2D eigenvalue weighted by Gasteiger charge is -2.16. The fourth-order valence-electron chi connectivity index (χ4n) is 2.42. The van der Waals surface area contributed by atoms with Crippen molar-refractivity contribution < 1.29 is 17.9 Å². The molecule has 0 atom stereocenters. The molecule has 1 nitrogen and oxygen atoms in total. The van der Waals surface area contributed by atoms with Crippen LogP contribution in [-0.4, -0.2) is 5.75 Å². The number of ether oxygens (including phenoxy) is 1. The molecule has 0 unspecified atom stereocenters. The molecule has 3 rings (SSSR count). The van der Waals surface area contributed by atoms with Crippen LogP contribution in [0.3, 0.4) is 0 Å². The van der Waals surface area contributed by atoms with E-state index in [0.717, 1.165) is 22.3 Å². The van der Waals surface area contributed by atoms with E-state index in [1.807, 2.05) is 18.2 Å². The Morgan fingerprint density at radius 3 is 2.74 bits per heavy atom. The van der Waals surface area contributed by atoms with Crippen LogP contribution in [0.4, 0.5) is 13.2 Å². The predicted molar refractivity (Wildman–Crippen MR) is 86.7 cm³/mol. The first-order valence-electron chi connectivity index (χ1n) is 7.16. The molecule has 0 radical (unpaired) electrons. The van der Waals surface area contributed by atoms with Gasteiger partial charge in [0.2, 0.25) is 0 Å². The van der Waals surface area contributed by atoms with E-state index in [4.69, 9.17) is 4.74 Å². The lowest BCUT2D eigenvalue weighted by atomic mass is 10.0. The van der Waals surface area contributed by atoms with Crippen molar-refractivity contribution in [1.82, 2.24) is 0 Å². The van der Waals surface area contributed by atoms with Gasteiger partial charge in [-0.3, -0.25) is 0 Å². The van der Waals surface area contributed by atoms with E-state index < -0.39 is 11.7 Å². The lowest BCUT2D eigenvalue weighted by molar-refractivity contribution is -0.138. The maximum absolute atomic E-state index is 13.1. The number of thioether (sulfide) groups is 1. The van der Waals surface area contributed by atoms with Crippen molar-refractivity contribution in [2.75, 3.05) is 5.75 Å². The Kier molecular flexibility index (Phi) is 4.39. The normalized spacial score (nSPS) is 13.7. The quantitative estimate of drug-likeness (QED) is 0.710. The van der Waals surface area contributed by atoms with Crippen molar-refractivity contribution >= 4 is 17.8 Å². The average molecular weight is 336 g/mol. The summed E-state index contributed by atoms with van der Waals surface area (Å²) in [5, 5.41) is 0. The molecule has 2 aromatic carbocycles. The Hall–Kier alpha value is -1.88. The molecule has 1 heterocycles. The SMILES string of the molecule is Cc1ccc(COc2ccc3c(c2)SCC=C3)c(C(F)(F)F)c1. The van der Waals surface area contributed by atoms with E-state index in [-0.39, 0.29) is 12.2 Å². The largest absolute Gasteiger partial charge is 0.489 e. The number of halogens is 3. The van der Waals surface area contributed by atoms with Crippen molar-refractivity contribution in [3.05, 3.63) is 64.7 Å². The maximum atomic E-state index is 13.1. The molecule has 1 aliphatic heterocycles. The van der Waals surface area contributed by atoms with Gasteiger partial charge in [0.15, 0.2) is 0 Å². The van der Waals surface area contributed by atoms with Crippen LogP contribution < -0.4 is 4.74 Å². The summed E-state index contributed by atoms with van der Waals surface area (Å²) < 4.78 is 44.9. The van der Waals surface area contributed by atoms with Gasteiger partial charge in [-0.15, -0.1) is 11.8 Å². The second kappa shape index (κ2) is 6.32. The molecular formula is C18H15F3OS. The molecule has 2 aromatic rings. The highest BCUT2D eigenvalue weighted by atomic mass is 32.2. The van der Waals surface area contributed by atoms with Gasteiger partial charge in [0.25, 0.3) is 0 Å². The monoisotopic (exact) mass is 336 g/mol. The molecule has 5 heteroatoms. The highest BCUT2D eigenvalue weighted by Gasteiger charge is 2.33. The topological polar surface area (TPSA) is 9.23 Å². The van der Waals surface area contributed by atoms with Crippen LogP contribution in [-0.2, 0) is 12.8 Å². The van der Waals surface area contributed by atoms with E-state index in [9.17, 15) is 13.2 Å². The summed E-state index contributed by atoms with van der Waals surface area (Å²) in [6.07, 6.45) is -0.256. The summed E-state index contributed by atoms with van der Waals surface area (Å²) in [5.74, 6) is 1.48. The van der Waals surface area contributed by atoms with Gasteiger partial charge in [-0.1, -0.05) is 35.9 Å². The van der Waals surface area contributed by atoms with Crippen LogP contribution in [0.2, 0.25) is 0 Å². The van der Waals surface area contributed by atoms with E-state index >= 15 is 0 Å². The van der Waals surface area contributed by atoms with E-state index in [1.165, 1.54) is 6.07 Å². The fourth-order valence-corrected chi connectivity index (χ4v) is 3.30.